The molecule has 12 atom stereocenters. The van der Waals surface area contributed by atoms with Gasteiger partial charge in [0.1, 0.15) is 22.4 Å². The third-order valence-electron chi connectivity index (χ3n) is 20.9. The Balaban J connectivity index is 1.23. The highest BCUT2D eigenvalue weighted by Crippen LogP contribution is 2.77. The van der Waals surface area contributed by atoms with Gasteiger partial charge in [-0.25, -0.2) is 0 Å². The van der Waals surface area contributed by atoms with Crippen LogP contribution in [0.2, 0.25) is 0 Å². The molecule has 4 nitrogen and oxygen atoms in total. The Morgan fingerprint density at radius 1 is 0.400 bits per heavy atom. The van der Waals surface area contributed by atoms with E-state index < -0.39 is 73.6 Å². The van der Waals surface area contributed by atoms with Crippen LogP contribution in [0, 0.1) is 69.0 Å². The third kappa shape index (κ3) is 5.87. The summed E-state index contributed by atoms with van der Waals surface area (Å²) in [6, 6.07) is 7.76. The minimum absolute atomic E-state index is 0.0414. The molecule has 0 radical (unpaired) electrons. The molecule has 8 aliphatic rings. The van der Waals surface area contributed by atoms with Crippen molar-refractivity contribution in [3.05, 3.63) is 47.5 Å². The van der Waals surface area contributed by atoms with Crippen LogP contribution in [0.25, 0.3) is 0 Å². The van der Waals surface area contributed by atoms with Crippen molar-refractivity contribution < 1.29 is 45.3 Å². The Morgan fingerprint density at radius 2 is 0.662 bits per heavy atom. The van der Waals surface area contributed by atoms with Crippen molar-refractivity contribution in [2.45, 2.75) is 200 Å². The Morgan fingerprint density at radius 3 is 0.923 bits per heavy atom. The topological polar surface area (TPSA) is 36.9 Å². The summed E-state index contributed by atoms with van der Waals surface area (Å²) in [6.45, 7) is 25.1. The van der Waals surface area contributed by atoms with Crippen LogP contribution in [0.15, 0.2) is 36.4 Å². The lowest BCUT2D eigenvalue weighted by Crippen LogP contribution is -2.55. The molecule has 2 aromatic rings. The summed E-state index contributed by atoms with van der Waals surface area (Å²) in [7, 11) is 0. The minimum Gasteiger partial charge on any atom is -0.482 e. The zero-order valence-electron chi connectivity index (χ0n) is 41.0. The van der Waals surface area contributed by atoms with Gasteiger partial charge in [0.15, 0.2) is 23.0 Å². The van der Waals surface area contributed by atoms with E-state index in [9.17, 15) is 0 Å². The van der Waals surface area contributed by atoms with E-state index in [1.54, 1.807) is 12.1 Å². The fourth-order valence-corrected chi connectivity index (χ4v) is 16.6. The van der Waals surface area contributed by atoms with Crippen molar-refractivity contribution in [1.29, 1.82) is 0 Å². The number of para-hydroxylation sites is 2. The fourth-order valence-electron chi connectivity index (χ4n) is 16.6. The molecule has 0 aromatic heterocycles. The van der Waals surface area contributed by atoms with Crippen LogP contribution in [0.3, 0.4) is 0 Å². The van der Waals surface area contributed by atoms with E-state index in [0.717, 1.165) is 63.5 Å². The first-order valence-corrected chi connectivity index (χ1v) is 25.2. The first kappa shape index (κ1) is 46.0. The first-order chi connectivity index (χ1) is 30.0. The predicted molar refractivity (Wildman–Crippen MR) is 240 cm³/mol. The molecule has 0 N–H and O–H groups in total. The Bertz CT molecular complexity index is 2090. The zero-order chi connectivity index (χ0) is 47.1. The van der Waals surface area contributed by atoms with Crippen molar-refractivity contribution in [3.8, 4) is 23.0 Å². The van der Waals surface area contributed by atoms with Crippen molar-refractivity contribution in [2.24, 2.45) is 69.0 Å². The van der Waals surface area contributed by atoms with Gasteiger partial charge >= 0.3 is 12.4 Å². The first-order valence-electron chi connectivity index (χ1n) is 25.2. The van der Waals surface area contributed by atoms with Gasteiger partial charge in [-0.15, -0.1) is 0 Å². The summed E-state index contributed by atoms with van der Waals surface area (Å²) >= 11 is 0. The molecule has 8 aliphatic carbocycles. The molecule has 0 bridgehead atoms. The standard InChI is InChI=1S/C55H74F6O4/c1-31-19-23-39-45(5,6)49(39,27-31)62-37-17-13-15-35(43(37)64-51-29-33(3)21-25-41(51)47(51,9)10)53(54(56,57)58,55(59,60)61)36-16-14-18-38(63-50-28-32(2)20-24-40(50)46(50,7)8)44(36)65-52-30-34(4)22-26-42(52)48(52,11)12/h13-18,31-34,39-42H,19-30H2,1-12H3. The second-order valence-corrected chi connectivity index (χ2v) is 25.6. The van der Waals surface area contributed by atoms with Gasteiger partial charge < -0.3 is 18.9 Å². The molecule has 0 aliphatic heterocycles. The van der Waals surface area contributed by atoms with E-state index in [4.69, 9.17) is 18.9 Å². The molecule has 0 spiro atoms. The van der Waals surface area contributed by atoms with E-state index in [1.807, 2.05) is 27.7 Å². The Labute approximate surface area is 384 Å². The average Bonchev–Trinajstić information content (AvgIpc) is 4.08. The Kier molecular flexibility index (Phi) is 9.70. The average molecular weight is 913 g/mol. The van der Waals surface area contributed by atoms with Crippen LogP contribution >= 0.6 is 0 Å². The number of fused-ring (bicyclic) bond motifs is 4. The number of benzene rings is 2. The molecule has 2 aromatic carbocycles. The van der Waals surface area contributed by atoms with Gasteiger partial charge in [0, 0.05) is 56.5 Å². The maximum atomic E-state index is 17.2. The van der Waals surface area contributed by atoms with Gasteiger partial charge in [0.2, 0.25) is 5.41 Å². The molecule has 10 heteroatoms. The van der Waals surface area contributed by atoms with Crippen molar-refractivity contribution in [1.82, 2.24) is 0 Å². The van der Waals surface area contributed by atoms with Crippen LogP contribution < -0.4 is 18.9 Å². The largest absolute Gasteiger partial charge is 0.482 e. The number of hydrogen-bond donors (Lipinski definition) is 0. The van der Waals surface area contributed by atoms with E-state index in [0.29, 0.717) is 25.7 Å². The van der Waals surface area contributed by atoms with Gasteiger partial charge in [-0.1, -0.05) is 133 Å². The summed E-state index contributed by atoms with van der Waals surface area (Å²) in [5, 5.41) is 0. The molecule has 10 rings (SSSR count). The van der Waals surface area contributed by atoms with Gasteiger partial charge in [-0.2, -0.15) is 26.3 Å². The summed E-state index contributed by atoms with van der Waals surface area (Å²) in [6.07, 6.45) is -2.40. The Hall–Kier alpha value is -2.78. The van der Waals surface area contributed by atoms with Crippen LogP contribution in [0.5, 0.6) is 23.0 Å². The highest BCUT2D eigenvalue weighted by Gasteiger charge is 2.81. The molecule has 8 saturated carbocycles. The molecular formula is C55H74F6O4. The summed E-state index contributed by atoms with van der Waals surface area (Å²) in [5.41, 5.74) is -11.7. The second-order valence-electron chi connectivity index (χ2n) is 25.6. The van der Waals surface area contributed by atoms with Crippen molar-refractivity contribution in [2.75, 3.05) is 0 Å². The summed E-state index contributed by atoms with van der Waals surface area (Å²) in [5.74, 6) is 0.0250. The number of hydrogen-bond acceptors (Lipinski definition) is 4. The number of halogens is 6. The monoisotopic (exact) mass is 913 g/mol. The lowest BCUT2D eigenvalue weighted by atomic mass is 9.71. The molecule has 0 heterocycles. The SMILES string of the molecule is CC1CCC2C(C)(C)C2(Oc2cccc(C(c3cccc(OC45CC(C)CCC4C5(C)C)c3OC34CC(C)CCC3C4(C)C)(C(F)(F)F)C(F)(F)F)c2OC23CC(C)CCC2C3(C)C)C1. The van der Waals surface area contributed by atoms with Crippen LogP contribution in [-0.4, -0.2) is 34.8 Å². The van der Waals surface area contributed by atoms with E-state index >= 15 is 26.3 Å². The van der Waals surface area contributed by atoms with Crippen molar-refractivity contribution >= 4 is 0 Å². The zero-order valence-corrected chi connectivity index (χ0v) is 41.0. The summed E-state index contributed by atoms with van der Waals surface area (Å²) < 4.78 is 132. The lowest BCUT2D eigenvalue weighted by molar-refractivity contribution is -0.289. The molecule has 0 amide bonds. The van der Waals surface area contributed by atoms with Gasteiger partial charge in [0.05, 0.1) is 0 Å². The quantitative estimate of drug-likeness (QED) is 0.223. The van der Waals surface area contributed by atoms with Crippen molar-refractivity contribution in [3.63, 3.8) is 0 Å². The highest BCUT2D eigenvalue weighted by molar-refractivity contribution is 5.63. The minimum atomic E-state index is -5.93. The number of rotatable bonds is 10. The molecule has 12 unspecified atom stereocenters. The van der Waals surface area contributed by atoms with Crippen LogP contribution in [0.1, 0.15) is 171 Å². The molecular weight excluding hydrogens is 839 g/mol. The van der Waals surface area contributed by atoms with Crippen LogP contribution in [-0.2, 0) is 5.41 Å². The fraction of sp³-hybridized carbons (Fsp3) is 0.782. The maximum absolute atomic E-state index is 17.2. The maximum Gasteiger partial charge on any atom is 0.411 e. The van der Waals surface area contributed by atoms with Gasteiger partial charge in [-0.3, -0.25) is 0 Å². The van der Waals surface area contributed by atoms with Crippen LogP contribution in [0.4, 0.5) is 26.3 Å². The summed E-state index contributed by atoms with van der Waals surface area (Å²) in [4.78, 5) is 0. The third-order valence-corrected chi connectivity index (χ3v) is 20.9. The number of alkyl halides is 6. The second kappa shape index (κ2) is 13.7. The lowest BCUT2D eigenvalue weighted by Gasteiger charge is -2.42. The van der Waals surface area contributed by atoms with Gasteiger partial charge in [0.25, 0.3) is 0 Å². The molecule has 0 saturated heterocycles. The predicted octanol–water partition coefficient (Wildman–Crippen LogP) is 15.5. The van der Waals surface area contributed by atoms with E-state index in [1.165, 1.54) is 12.1 Å². The number of ether oxygens (including phenoxy) is 4. The smallest absolute Gasteiger partial charge is 0.411 e. The van der Waals surface area contributed by atoms with E-state index in [-0.39, 0.29) is 69.7 Å². The van der Waals surface area contributed by atoms with Gasteiger partial charge in [-0.05, 0) is 87.2 Å². The molecule has 65 heavy (non-hydrogen) atoms. The highest BCUT2D eigenvalue weighted by atomic mass is 19.4. The van der Waals surface area contributed by atoms with E-state index in [2.05, 4.69) is 55.4 Å². The molecule has 8 fully saturated rings. The molecule has 360 valence electrons. The normalized spacial score (nSPS) is 41.4.